The van der Waals surface area contributed by atoms with Crippen molar-refractivity contribution in [3.63, 3.8) is 0 Å². The van der Waals surface area contributed by atoms with Crippen LogP contribution in [0.3, 0.4) is 0 Å². The highest BCUT2D eigenvalue weighted by Crippen LogP contribution is 2.44. The molecule has 1 aromatic carbocycles. The molecule has 3 fully saturated rings. The van der Waals surface area contributed by atoms with Gasteiger partial charge in [0.05, 0.1) is 5.56 Å². The lowest BCUT2D eigenvalue weighted by molar-refractivity contribution is 0.0161. The maximum atomic E-state index is 12.7. The van der Waals surface area contributed by atoms with Crippen molar-refractivity contribution in [2.45, 2.75) is 129 Å². The number of hydrogen-bond acceptors (Lipinski definition) is 2. The molecule has 0 spiro atoms. The summed E-state index contributed by atoms with van der Waals surface area (Å²) in [6, 6.07) is 8.44. The molecule has 2 nitrogen and oxygen atoms in total. The third kappa shape index (κ3) is 6.86. The van der Waals surface area contributed by atoms with Gasteiger partial charge in [0, 0.05) is 0 Å². The Bertz CT molecular complexity index is 699. The molecule has 0 amide bonds. The van der Waals surface area contributed by atoms with E-state index in [1.165, 1.54) is 95.5 Å². The molecular formula is C31H48O2. The van der Waals surface area contributed by atoms with Gasteiger partial charge < -0.3 is 4.74 Å². The van der Waals surface area contributed by atoms with Gasteiger partial charge in [-0.3, -0.25) is 0 Å². The fraction of sp³-hybridized carbons (Fsp3) is 0.774. The zero-order valence-electron chi connectivity index (χ0n) is 21.4. The van der Waals surface area contributed by atoms with E-state index in [0.29, 0.717) is 5.92 Å². The Morgan fingerprint density at radius 2 is 1.18 bits per heavy atom. The van der Waals surface area contributed by atoms with Crippen molar-refractivity contribution in [2.24, 2.45) is 23.7 Å². The monoisotopic (exact) mass is 452 g/mol. The average molecular weight is 453 g/mol. The van der Waals surface area contributed by atoms with E-state index < -0.39 is 0 Å². The van der Waals surface area contributed by atoms with Gasteiger partial charge in [-0.15, -0.1) is 0 Å². The lowest BCUT2D eigenvalue weighted by atomic mass is 9.68. The van der Waals surface area contributed by atoms with Crippen LogP contribution in [0.5, 0.6) is 0 Å². The molecule has 0 unspecified atom stereocenters. The molecule has 3 aliphatic rings. The van der Waals surface area contributed by atoms with E-state index in [9.17, 15) is 4.79 Å². The number of hydrogen-bond donors (Lipinski definition) is 0. The molecular weight excluding hydrogens is 404 g/mol. The molecule has 184 valence electrons. The minimum atomic E-state index is -0.122. The zero-order valence-corrected chi connectivity index (χ0v) is 21.4. The van der Waals surface area contributed by atoms with Crippen LogP contribution >= 0.6 is 0 Å². The van der Waals surface area contributed by atoms with Gasteiger partial charge in [0.15, 0.2) is 0 Å². The normalized spacial score (nSPS) is 32.9. The van der Waals surface area contributed by atoms with Gasteiger partial charge in [-0.25, -0.2) is 4.79 Å². The van der Waals surface area contributed by atoms with E-state index in [1.54, 1.807) is 0 Å². The smallest absolute Gasteiger partial charge is 0.338 e. The predicted octanol–water partition coefficient (Wildman–Crippen LogP) is 9.08. The first-order valence-corrected chi connectivity index (χ1v) is 14.5. The van der Waals surface area contributed by atoms with E-state index in [2.05, 4.69) is 26.0 Å². The summed E-state index contributed by atoms with van der Waals surface area (Å²) >= 11 is 0. The molecule has 33 heavy (non-hydrogen) atoms. The summed E-state index contributed by atoms with van der Waals surface area (Å²) in [4.78, 5) is 12.7. The van der Waals surface area contributed by atoms with Gasteiger partial charge in [-0.2, -0.15) is 0 Å². The molecule has 0 saturated heterocycles. The Hall–Kier alpha value is -1.31. The molecule has 0 aliphatic heterocycles. The Balaban J connectivity index is 1.20. The van der Waals surface area contributed by atoms with Crippen LogP contribution in [0.2, 0.25) is 0 Å². The maximum Gasteiger partial charge on any atom is 0.338 e. The minimum Gasteiger partial charge on any atom is -0.459 e. The first kappa shape index (κ1) is 24.8. The Morgan fingerprint density at radius 3 is 1.70 bits per heavy atom. The Kier molecular flexibility index (Phi) is 9.33. The van der Waals surface area contributed by atoms with Crippen molar-refractivity contribution >= 4 is 5.97 Å². The maximum absolute atomic E-state index is 12.7. The van der Waals surface area contributed by atoms with Gasteiger partial charge >= 0.3 is 5.97 Å². The van der Waals surface area contributed by atoms with Crippen LogP contribution in [0.15, 0.2) is 24.3 Å². The first-order valence-electron chi connectivity index (χ1n) is 14.5. The summed E-state index contributed by atoms with van der Waals surface area (Å²) in [6.07, 6.45) is 21.4. The number of rotatable bonds is 8. The first-order chi connectivity index (χ1) is 16.2. The quantitative estimate of drug-likeness (QED) is 0.368. The van der Waals surface area contributed by atoms with Gasteiger partial charge in [0.25, 0.3) is 0 Å². The van der Waals surface area contributed by atoms with Crippen molar-refractivity contribution in [1.29, 1.82) is 0 Å². The van der Waals surface area contributed by atoms with Gasteiger partial charge in [-0.1, -0.05) is 64.5 Å². The van der Waals surface area contributed by atoms with Gasteiger partial charge in [0.2, 0.25) is 0 Å². The number of carbonyl (C=O) groups excluding carboxylic acids is 1. The molecule has 0 aromatic heterocycles. The predicted molar refractivity (Wildman–Crippen MR) is 138 cm³/mol. The Morgan fingerprint density at radius 1 is 0.697 bits per heavy atom. The van der Waals surface area contributed by atoms with Crippen molar-refractivity contribution in [2.75, 3.05) is 0 Å². The number of carbonyl (C=O) groups is 1. The summed E-state index contributed by atoms with van der Waals surface area (Å²) in [5, 5.41) is 0. The molecule has 4 rings (SSSR count). The molecule has 0 heterocycles. The van der Waals surface area contributed by atoms with Crippen molar-refractivity contribution < 1.29 is 9.53 Å². The standard InChI is InChI=1S/C31H48O2/c1-3-5-23-7-11-25(12-8-23)26-13-15-27(16-14-26)28-17-19-29(20-18-28)31(32)33-30-21-9-24(6-4-2)10-22-30/h17-20,23-27,30H,3-16,21-22H2,1-2H3. The summed E-state index contributed by atoms with van der Waals surface area (Å²) in [7, 11) is 0. The van der Waals surface area contributed by atoms with Crippen molar-refractivity contribution in [3.8, 4) is 0 Å². The lowest BCUT2D eigenvalue weighted by Crippen LogP contribution is -2.25. The molecule has 2 heteroatoms. The second kappa shape index (κ2) is 12.4. The fourth-order valence-electron chi connectivity index (χ4n) is 7.34. The topological polar surface area (TPSA) is 26.3 Å². The van der Waals surface area contributed by atoms with Crippen LogP contribution < -0.4 is 0 Å². The van der Waals surface area contributed by atoms with Crippen LogP contribution in [0.25, 0.3) is 0 Å². The molecule has 0 N–H and O–H groups in total. The average Bonchev–Trinajstić information content (AvgIpc) is 2.86. The summed E-state index contributed by atoms with van der Waals surface area (Å²) in [5.41, 5.74) is 2.16. The Labute approximate surface area is 203 Å². The highest BCUT2D eigenvalue weighted by atomic mass is 16.5. The second-order valence-electron chi connectivity index (χ2n) is 11.6. The third-order valence-electron chi connectivity index (χ3n) is 9.41. The molecule has 3 aliphatic carbocycles. The van der Waals surface area contributed by atoms with Crippen LogP contribution in [0, 0.1) is 23.7 Å². The van der Waals surface area contributed by atoms with Crippen LogP contribution in [0.1, 0.15) is 138 Å². The number of esters is 1. The van der Waals surface area contributed by atoms with E-state index in [4.69, 9.17) is 4.74 Å². The summed E-state index contributed by atoms with van der Waals surface area (Å²) in [5.74, 6) is 4.37. The van der Waals surface area contributed by atoms with E-state index >= 15 is 0 Å². The van der Waals surface area contributed by atoms with E-state index in [-0.39, 0.29) is 12.1 Å². The molecule has 3 saturated carbocycles. The minimum absolute atomic E-state index is 0.122. The second-order valence-corrected chi connectivity index (χ2v) is 11.6. The highest BCUT2D eigenvalue weighted by Gasteiger charge is 2.31. The summed E-state index contributed by atoms with van der Waals surface area (Å²) in [6.45, 7) is 4.60. The largest absolute Gasteiger partial charge is 0.459 e. The van der Waals surface area contributed by atoms with E-state index in [1.807, 2.05) is 12.1 Å². The molecule has 0 bridgehead atoms. The van der Waals surface area contributed by atoms with Crippen LogP contribution in [-0.2, 0) is 4.74 Å². The lowest BCUT2D eigenvalue weighted by Gasteiger charge is -2.38. The van der Waals surface area contributed by atoms with Crippen molar-refractivity contribution in [1.82, 2.24) is 0 Å². The number of ether oxygens (including phenoxy) is 1. The van der Waals surface area contributed by atoms with Crippen LogP contribution in [-0.4, -0.2) is 12.1 Å². The van der Waals surface area contributed by atoms with Gasteiger partial charge in [-0.05, 0) is 111 Å². The van der Waals surface area contributed by atoms with Crippen LogP contribution in [0.4, 0.5) is 0 Å². The fourth-order valence-corrected chi connectivity index (χ4v) is 7.34. The third-order valence-corrected chi connectivity index (χ3v) is 9.41. The zero-order chi connectivity index (χ0) is 23.0. The van der Waals surface area contributed by atoms with Gasteiger partial charge in [0.1, 0.15) is 6.10 Å². The summed E-state index contributed by atoms with van der Waals surface area (Å²) < 4.78 is 5.85. The van der Waals surface area contributed by atoms with Crippen molar-refractivity contribution in [3.05, 3.63) is 35.4 Å². The molecule has 0 radical (unpaired) electrons. The SMILES string of the molecule is CCCC1CCC(OC(=O)c2ccc(C3CCC(C4CCC(CCC)CC4)CC3)cc2)CC1. The highest BCUT2D eigenvalue weighted by molar-refractivity contribution is 5.89. The van der Waals surface area contributed by atoms with E-state index in [0.717, 1.165) is 42.1 Å². The molecule has 1 aromatic rings. The molecule has 0 atom stereocenters. The number of benzene rings is 1.